The smallest absolute Gasteiger partial charge is 0.244 e. The van der Waals surface area contributed by atoms with E-state index in [0.29, 0.717) is 30.4 Å². The second-order valence-electron chi connectivity index (χ2n) is 10.5. The van der Waals surface area contributed by atoms with Gasteiger partial charge in [-0.05, 0) is 62.6 Å². The highest BCUT2D eigenvalue weighted by atomic mass is 16.5. The molecule has 3 amide bonds. The van der Waals surface area contributed by atoms with Crippen LogP contribution in [0.3, 0.4) is 0 Å². The summed E-state index contributed by atoms with van der Waals surface area (Å²) < 4.78 is 6.31. The van der Waals surface area contributed by atoms with Crippen molar-refractivity contribution in [2.24, 2.45) is 5.92 Å². The second-order valence-corrected chi connectivity index (χ2v) is 10.5. The molecular weight excluding hydrogens is 454 g/mol. The van der Waals surface area contributed by atoms with Crippen molar-refractivity contribution in [1.29, 1.82) is 0 Å². The van der Waals surface area contributed by atoms with E-state index < -0.39 is 0 Å². The Kier molecular flexibility index (Phi) is 7.10. The van der Waals surface area contributed by atoms with E-state index in [1.54, 1.807) is 6.07 Å². The number of rotatable bonds is 5. The average molecular weight is 490 g/mol. The van der Waals surface area contributed by atoms with Gasteiger partial charge < -0.3 is 19.9 Å². The molecule has 0 bridgehead atoms. The first-order valence-electron chi connectivity index (χ1n) is 13.1. The summed E-state index contributed by atoms with van der Waals surface area (Å²) in [5.74, 6) is 0.183. The molecule has 2 aromatic rings. The van der Waals surface area contributed by atoms with Gasteiger partial charge in [0.15, 0.2) is 0 Å². The molecule has 1 spiro atoms. The number of aryl methyl sites for hydroxylation is 1. The number of nitrogens with zero attached hydrogens (tertiary/aromatic N) is 2. The van der Waals surface area contributed by atoms with Crippen LogP contribution >= 0.6 is 0 Å². The van der Waals surface area contributed by atoms with Crippen molar-refractivity contribution >= 4 is 29.1 Å². The molecule has 0 saturated carbocycles. The Bertz CT molecular complexity index is 1120. The van der Waals surface area contributed by atoms with Gasteiger partial charge in [0.2, 0.25) is 17.7 Å². The Morgan fingerprint density at radius 2 is 1.75 bits per heavy atom. The highest BCUT2D eigenvalue weighted by Crippen LogP contribution is 2.39. The van der Waals surface area contributed by atoms with E-state index in [0.717, 1.165) is 38.7 Å². The maximum atomic E-state index is 12.9. The Labute approximate surface area is 212 Å². The Morgan fingerprint density at radius 1 is 1.03 bits per heavy atom. The third kappa shape index (κ3) is 5.46. The molecule has 3 heterocycles. The number of hydrogen-bond donors (Lipinski definition) is 1. The summed E-state index contributed by atoms with van der Waals surface area (Å²) in [5.41, 5.74) is 3.85. The molecule has 36 heavy (non-hydrogen) atoms. The van der Waals surface area contributed by atoms with Crippen molar-refractivity contribution in [3.05, 3.63) is 59.7 Å². The SMILES string of the molecule is Cc1ccc(CC2CCOC3(CCN(C(=O)CCC(=O)N4CC(=O)Nc5ccccc54)CC3)C2)cc1. The first-order valence-corrected chi connectivity index (χ1v) is 13.1. The lowest BCUT2D eigenvalue weighted by molar-refractivity contribution is -0.147. The van der Waals surface area contributed by atoms with E-state index in [-0.39, 0.29) is 42.7 Å². The van der Waals surface area contributed by atoms with Crippen molar-refractivity contribution in [2.75, 3.05) is 36.5 Å². The third-order valence-electron chi connectivity index (χ3n) is 7.89. The second kappa shape index (κ2) is 10.4. The molecular formula is C29H35N3O4. The number of benzene rings is 2. The number of hydrogen-bond acceptors (Lipinski definition) is 4. The van der Waals surface area contributed by atoms with Crippen LogP contribution in [0.2, 0.25) is 0 Å². The number of para-hydroxylation sites is 2. The number of nitrogens with one attached hydrogen (secondary N) is 1. The van der Waals surface area contributed by atoms with Crippen molar-refractivity contribution in [2.45, 2.75) is 57.5 Å². The Morgan fingerprint density at radius 3 is 2.53 bits per heavy atom. The fraction of sp³-hybridized carbons (Fsp3) is 0.483. The number of anilines is 2. The van der Waals surface area contributed by atoms with Crippen LogP contribution in [-0.2, 0) is 25.5 Å². The van der Waals surface area contributed by atoms with Gasteiger partial charge in [0, 0.05) is 32.5 Å². The molecule has 190 valence electrons. The molecule has 3 aliphatic heterocycles. The molecule has 1 unspecified atom stereocenters. The highest BCUT2D eigenvalue weighted by Gasteiger charge is 2.41. The fourth-order valence-electron chi connectivity index (χ4n) is 5.84. The number of ether oxygens (including phenoxy) is 1. The van der Waals surface area contributed by atoms with Crippen LogP contribution in [0.1, 0.15) is 49.7 Å². The maximum absolute atomic E-state index is 12.9. The zero-order valence-corrected chi connectivity index (χ0v) is 21.0. The minimum atomic E-state index is -0.220. The van der Waals surface area contributed by atoms with Gasteiger partial charge in [-0.2, -0.15) is 0 Å². The topological polar surface area (TPSA) is 79.0 Å². The van der Waals surface area contributed by atoms with Gasteiger partial charge in [-0.3, -0.25) is 14.4 Å². The fourth-order valence-corrected chi connectivity index (χ4v) is 5.84. The molecule has 0 radical (unpaired) electrons. The minimum absolute atomic E-state index is 0.0000362. The molecule has 2 saturated heterocycles. The lowest BCUT2D eigenvalue weighted by Crippen LogP contribution is -2.51. The number of amides is 3. The predicted molar refractivity (Wildman–Crippen MR) is 139 cm³/mol. The van der Waals surface area contributed by atoms with Crippen molar-refractivity contribution in [3.63, 3.8) is 0 Å². The first-order chi connectivity index (χ1) is 17.4. The molecule has 0 aliphatic carbocycles. The van der Waals surface area contributed by atoms with E-state index in [1.807, 2.05) is 23.1 Å². The molecule has 2 aromatic carbocycles. The zero-order valence-electron chi connectivity index (χ0n) is 21.0. The molecule has 2 fully saturated rings. The molecule has 0 aromatic heterocycles. The summed E-state index contributed by atoms with van der Waals surface area (Å²) in [6.45, 7) is 4.21. The molecule has 1 atom stereocenters. The molecule has 1 N–H and O–H groups in total. The third-order valence-corrected chi connectivity index (χ3v) is 7.89. The van der Waals surface area contributed by atoms with Crippen LogP contribution in [0.4, 0.5) is 11.4 Å². The largest absolute Gasteiger partial charge is 0.375 e. The standard InChI is InChI=1S/C29H35N3O4/c1-21-6-8-22(9-7-21)18-23-12-17-36-29(19-23)13-15-31(16-14-29)27(34)10-11-28(35)32-20-26(33)30-24-4-2-3-5-25(24)32/h2-9,23H,10-20H2,1H3,(H,30,33). The molecule has 7 heteroatoms. The normalized spacial score (nSPS) is 21.1. The van der Waals surface area contributed by atoms with Crippen LogP contribution < -0.4 is 10.2 Å². The van der Waals surface area contributed by atoms with E-state index in [1.165, 1.54) is 16.0 Å². The lowest BCUT2D eigenvalue weighted by Gasteiger charge is -2.46. The van der Waals surface area contributed by atoms with E-state index in [4.69, 9.17) is 4.74 Å². The summed E-state index contributed by atoms with van der Waals surface area (Å²) in [4.78, 5) is 41.2. The average Bonchev–Trinajstić information content (AvgIpc) is 2.88. The van der Waals surface area contributed by atoms with Crippen LogP contribution in [0, 0.1) is 12.8 Å². The van der Waals surface area contributed by atoms with Crippen LogP contribution in [0.5, 0.6) is 0 Å². The Balaban J connectivity index is 1.11. The van der Waals surface area contributed by atoms with Crippen molar-refractivity contribution in [1.82, 2.24) is 4.90 Å². The van der Waals surface area contributed by atoms with Crippen LogP contribution in [0.15, 0.2) is 48.5 Å². The quantitative estimate of drug-likeness (QED) is 0.686. The molecule has 3 aliphatic rings. The van der Waals surface area contributed by atoms with Gasteiger partial charge >= 0.3 is 0 Å². The van der Waals surface area contributed by atoms with Gasteiger partial charge in [-0.15, -0.1) is 0 Å². The van der Waals surface area contributed by atoms with Crippen LogP contribution in [-0.4, -0.2) is 54.5 Å². The number of carbonyl (C=O) groups is 3. The summed E-state index contributed by atoms with van der Waals surface area (Å²) in [7, 11) is 0. The van der Waals surface area contributed by atoms with E-state index in [9.17, 15) is 14.4 Å². The summed E-state index contributed by atoms with van der Waals surface area (Å²) in [6.07, 6.45) is 5.14. The first kappa shape index (κ1) is 24.5. The summed E-state index contributed by atoms with van der Waals surface area (Å²) in [5, 5.41) is 2.79. The van der Waals surface area contributed by atoms with E-state index >= 15 is 0 Å². The number of fused-ring (bicyclic) bond motifs is 1. The van der Waals surface area contributed by atoms with Gasteiger partial charge in [-0.1, -0.05) is 42.0 Å². The number of likely N-dealkylation sites (tertiary alicyclic amines) is 1. The number of carbonyl (C=O) groups excluding carboxylic acids is 3. The summed E-state index contributed by atoms with van der Waals surface area (Å²) in [6, 6.07) is 16.1. The summed E-state index contributed by atoms with van der Waals surface area (Å²) >= 11 is 0. The van der Waals surface area contributed by atoms with Crippen LogP contribution in [0.25, 0.3) is 0 Å². The minimum Gasteiger partial charge on any atom is -0.375 e. The monoisotopic (exact) mass is 489 g/mol. The zero-order chi connectivity index (χ0) is 25.1. The van der Waals surface area contributed by atoms with Gasteiger partial charge in [0.05, 0.1) is 17.0 Å². The lowest BCUT2D eigenvalue weighted by atomic mass is 9.77. The predicted octanol–water partition coefficient (Wildman–Crippen LogP) is 4.09. The van der Waals surface area contributed by atoms with Gasteiger partial charge in [-0.25, -0.2) is 0 Å². The van der Waals surface area contributed by atoms with Gasteiger partial charge in [0.25, 0.3) is 0 Å². The molecule has 5 rings (SSSR count). The van der Waals surface area contributed by atoms with Crippen molar-refractivity contribution in [3.8, 4) is 0 Å². The maximum Gasteiger partial charge on any atom is 0.244 e. The Hall–Kier alpha value is -3.19. The van der Waals surface area contributed by atoms with Crippen molar-refractivity contribution < 1.29 is 19.1 Å². The number of piperidine rings is 1. The molecule has 7 nitrogen and oxygen atoms in total. The van der Waals surface area contributed by atoms with E-state index in [2.05, 4.69) is 36.5 Å². The highest BCUT2D eigenvalue weighted by molar-refractivity contribution is 6.10. The van der Waals surface area contributed by atoms with Gasteiger partial charge in [0.1, 0.15) is 6.54 Å².